The number of rotatable bonds is 2. The van der Waals surface area contributed by atoms with Crippen molar-refractivity contribution in [2.75, 3.05) is 0 Å². The molecule has 0 amide bonds. The maximum absolute atomic E-state index is 13.9. The molecular formula is C17ClF8N5O2. The van der Waals surface area contributed by atoms with Gasteiger partial charge in [-0.1, -0.05) is 0 Å². The van der Waals surface area contributed by atoms with Crippen LogP contribution in [0.25, 0.3) is 45.6 Å². The molecule has 5 aromatic rings. The Balaban J connectivity index is 1.70. The van der Waals surface area contributed by atoms with E-state index in [9.17, 15) is 35.1 Å². The van der Waals surface area contributed by atoms with Crippen molar-refractivity contribution in [1.82, 2.24) is 24.9 Å². The first-order chi connectivity index (χ1) is 15.6. The number of hydrogen-bond acceptors (Lipinski definition) is 7. The molecule has 168 valence electrons. The summed E-state index contributed by atoms with van der Waals surface area (Å²) in [6.07, 6.45) is 0. The third kappa shape index (κ3) is 2.99. The summed E-state index contributed by atoms with van der Waals surface area (Å²) in [5, 5.41) is -0.656. The van der Waals surface area contributed by atoms with Gasteiger partial charge in [0.2, 0.25) is 40.2 Å². The third-order valence-electron chi connectivity index (χ3n) is 4.22. The van der Waals surface area contributed by atoms with Crippen molar-refractivity contribution in [3.8, 4) is 23.4 Å². The SMILES string of the molecule is Fc1c(F)c(F)c2oc(-c3nc(Cl)nc(-c4nc5c(F)c(F)c(F)c(F)c5o4)n3)nc2c1F. The fourth-order valence-electron chi connectivity index (χ4n) is 2.76. The smallest absolute Gasteiger partial charge is 0.266 e. The van der Waals surface area contributed by atoms with E-state index in [-0.39, 0.29) is 0 Å². The van der Waals surface area contributed by atoms with Gasteiger partial charge in [-0.3, -0.25) is 0 Å². The lowest BCUT2D eigenvalue weighted by Gasteiger charge is -1.98. The van der Waals surface area contributed by atoms with Crippen LogP contribution in [0.3, 0.4) is 0 Å². The molecule has 0 radical (unpaired) electrons. The summed E-state index contributed by atoms with van der Waals surface area (Å²) >= 11 is 5.74. The second-order valence-corrected chi connectivity index (χ2v) is 6.50. The van der Waals surface area contributed by atoms with Crippen LogP contribution < -0.4 is 0 Å². The molecular weight excluding hydrogens is 494 g/mol. The Labute approximate surface area is 178 Å². The van der Waals surface area contributed by atoms with Crippen LogP contribution in [-0.4, -0.2) is 24.9 Å². The Morgan fingerprint density at radius 2 is 0.818 bits per heavy atom. The van der Waals surface area contributed by atoms with Crippen LogP contribution in [0, 0.1) is 46.5 Å². The summed E-state index contributed by atoms with van der Waals surface area (Å²) in [5.74, 6) is -19.1. The zero-order chi connectivity index (χ0) is 23.8. The van der Waals surface area contributed by atoms with E-state index in [4.69, 9.17) is 20.4 Å². The number of hydrogen-bond donors (Lipinski definition) is 0. The molecule has 0 atom stereocenters. The van der Waals surface area contributed by atoms with Crippen molar-refractivity contribution < 1.29 is 44.0 Å². The van der Waals surface area contributed by atoms with Gasteiger partial charge in [-0.05, 0) is 11.6 Å². The van der Waals surface area contributed by atoms with E-state index in [1.54, 1.807) is 0 Å². The van der Waals surface area contributed by atoms with Gasteiger partial charge in [-0.15, -0.1) is 0 Å². The minimum atomic E-state index is -2.16. The molecule has 0 bridgehead atoms. The van der Waals surface area contributed by atoms with Gasteiger partial charge in [-0.25, -0.2) is 36.3 Å². The van der Waals surface area contributed by atoms with Gasteiger partial charge in [-0.2, -0.15) is 23.7 Å². The molecule has 3 aromatic heterocycles. The lowest BCUT2D eigenvalue weighted by molar-refractivity contribution is 0.410. The Hall–Kier alpha value is -3.88. The molecule has 33 heavy (non-hydrogen) atoms. The molecule has 0 unspecified atom stereocenters. The topological polar surface area (TPSA) is 90.7 Å². The van der Waals surface area contributed by atoms with Crippen LogP contribution in [-0.2, 0) is 0 Å². The normalized spacial score (nSPS) is 11.8. The van der Waals surface area contributed by atoms with E-state index < -0.39 is 97.5 Å². The highest BCUT2D eigenvalue weighted by Gasteiger charge is 2.29. The molecule has 2 aromatic carbocycles. The minimum Gasteiger partial charge on any atom is -0.430 e. The van der Waals surface area contributed by atoms with Crippen LogP contribution in [0.2, 0.25) is 5.28 Å². The largest absolute Gasteiger partial charge is 0.430 e. The molecule has 5 rings (SSSR count). The second kappa shape index (κ2) is 7.06. The highest BCUT2D eigenvalue weighted by atomic mass is 35.5. The summed E-state index contributed by atoms with van der Waals surface area (Å²) in [7, 11) is 0. The van der Waals surface area contributed by atoms with E-state index in [0.29, 0.717) is 0 Å². The highest BCUT2D eigenvalue weighted by molar-refractivity contribution is 6.28. The summed E-state index contributed by atoms with van der Waals surface area (Å²) in [6, 6.07) is 0. The van der Waals surface area contributed by atoms with Crippen molar-refractivity contribution in [3.63, 3.8) is 0 Å². The number of aromatic nitrogens is 5. The molecule has 3 heterocycles. The molecule has 7 nitrogen and oxygen atoms in total. The van der Waals surface area contributed by atoms with Crippen molar-refractivity contribution >= 4 is 33.8 Å². The summed E-state index contributed by atoms with van der Waals surface area (Å²) in [5.41, 5.74) is -4.32. The van der Waals surface area contributed by atoms with Crippen LogP contribution in [0.5, 0.6) is 0 Å². The Kier molecular flexibility index (Phi) is 4.49. The number of benzene rings is 2. The zero-order valence-corrected chi connectivity index (χ0v) is 15.7. The summed E-state index contributed by atoms with van der Waals surface area (Å²) in [6.45, 7) is 0. The quantitative estimate of drug-likeness (QED) is 0.188. The zero-order valence-electron chi connectivity index (χ0n) is 15.0. The maximum Gasteiger partial charge on any atom is 0.266 e. The first kappa shape index (κ1) is 21.0. The van der Waals surface area contributed by atoms with Gasteiger partial charge in [0.1, 0.15) is 0 Å². The lowest BCUT2D eigenvalue weighted by Crippen LogP contribution is -1.98. The van der Waals surface area contributed by atoms with Gasteiger partial charge < -0.3 is 8.83 Å². The number of fused-ring (bicyclic) bond motifs is 2. The molecule has 0 saturated carbocycles. The van der Waals surface area contributed by atoms with Gasteiger partial charge in [0.15, 0.2) is 45.5 Å². The molecule has 0 spiro atoms. The van der Waals surface area contributed by atoms with Crippen molar-refractivity contribution in [1.29, 1.82) is 0 Å². The maximum atomic E-state index is 13.9. The van der Waals surface area contributed by atoms with Gasteiger partial charge in [0, 0.05) is 0 Å². The summed E-state index contributed by atoms with van der Waals surface area (Å²) < 4.78 is 119. The number of nitrogens with zero attached hydrogens (tertiary/aromatic N) is 5. The second-order valence-electron chi connectivity index (χ2n) is 6.16. The lowest BCUT2D eigenvalue weighted by atomic mass is 10.3. The van der Waals surface area contributed by atoms with Gasteiger partial charge in [0.05, 0.1) is 0 Å². The molecule has 16 heteroatoms. The molecule has 0 fully saturated rings. The van der Waals surface area contributed by atoms with Crippen molar-refractivity contribution in [3.05, 3.63) is 51.8 Å². The Morgan fingerprint density at radius 1 is 0.455 bits per heavy atom. The molecule has 0 aliphatic carbocycles. The first-order valence-electron chi connectivity index (χ1n) is 8.25. The minimum absolute atomic E-state index is 0.656. The average Bonchev–Trinajstić information content (AvgIpc) is 3.44. The Morgan fingerprint density at radius 3 is 1.21 bits per heavy atom. The van der Waals surface area contributed by atoms with Crippen LogP contribution in [0.4, 0.5) is 35.1 Å². The highest BCUT2D eigenvalue weighted by Crippen LogP contribution is 2.33. The monoisotopic (exact) mass is 493 g/mol. The fourth-order valence-corrected chi connectivity index (χ4v) is 2.92. The average molecular weight is 494 g/mol. The van der Waals surface area contributed by atoms with Crippen LogP contribution >= 0.6 is 11.6 Å². The number of oxazole rings is 2. The number of halogens is 9. The van der Waals surface area contributed by atoms with E-state index in [2.05, 4.69) is 24.9 Å². The fraction of sp³-hybridized carbons (Fsp3) is 0. The van der Waals surface area contributed by atoms with Crippen LogP contribution in [0.1, 0.15) is 0 Å². The van der Waals surface area contributed by atoms with E-state index in [0.717, 1.165) is 0 Å². The first-order valence-corrected chi connectivity index (χ1v) is 8.63. The standard InChI is InChI=1S/C17ClF8N5O2/c18-17-30-13(15-27-9-5(23)1(19)3(21)7(25)11(9)32-15)29-14(31-17)16-28-10-6(24)2(20)4(22)8(26)12(10)33-16. The Bertz CT molecular complexity index is 1430. The van der Waals surface area contributed by atoms with Crippen LogP contribution in [0.15, 0.2) is 8.83 Å². The molecule has 0 N–H and O–H groups in total. The third-order valence-corrected chi connectivity index (χ3v) is 4.38. The van der Waals surface area contributed by atoms with E-state index >= 15 is 0 Å². The van der Waals surface area contributed by atoms with Crippen molar-refractivity contribution in [2.45, 2.75) is 0 Å². The van der Waals surface area contributed by atoms with Gasteiger partial charge in [0.25, 0.3) is 11.8 Å². The molecule has 0 saturated heterocycles. The van der Waals surface area contributed by atoms with Crippen molar-refractivity contribution in [2.24, 2.45) is 0 Å². The molecule has 0 aliphatic rings. The predicted molar refractivity (Wildman–Crippen MR) is 90.5 cm³/mol. The van der Waals surface area contributed by atoms with E-state index in [1.807, 2.05) is 0 Å². The summed E-state index contributed by atoms with van der Waals surface area (Å²) in [4.78, 5) is 17.7. The predicted octanol–water partition coefficient (Wildman–Crippen LogP) is 5.25. The molecule has 0 aliphatic heterocycles. The van der Waals surface area contributed by atoms with E-state index in [1.165, 1.54) is 0 Å². The van der Waals surface area contributed by atoms with Gasteiger partial charge >= 0.3 is 0 Å².